The van der Waals surface area contributed by atoms with Crippen LogP contribution in [-0.4, -0.2) is 71.7 Å². The molecule has 1 N–H and O–H groups in total. The number of aliphatic carboxylic acids is 1. The molecule has 0 aromatic carbocycles. The lowest BCUT2D eigenvalue weighted by molar-refractivity contribution is -0.151. The second-order valence-electron chi connectivity index (χ2n) is 4.81. The number of carbonyl (C=O) groups excluding carboxylic acids is 1. The van der Waals surface area contributed by atoms with Crippen LogP contribution in [0.5, 0.6) is 0 Å². The number of nitrogens with zero attached hydrogens (tertiary/aromatic N) is 2. The first-order valence-electron chi connectivity index (χ1n) is 6.47. The first-order valence-corrected chi connectivity index (χ1v) is 6.47. The summed E-state index contributed by atoms with van der Waals surface area (Å²) in [7, 11) is 0. The van der Waals surface area contributed by atoms with Crippen molar-refractivity contribution in [1.29, 1.82) is 0 Å². The first kappa shape index (κ1) is 13.3. The Labute approximate surface area is 106 Å². The zero-order valence-electron chi connectivity index (χ0n) is 10.7. The molecular weight excluding hydrogens is 236 g/mol. The van der Waals surface area contributed by atoms with Crippen LogP contribution >= 0.6 is 0 Å². The Kier molecular flexibility index (Phi) is 4.19. The summed E-state index contributed by atoms with van der Waals surface area (Å²) in [5, 5.41) is 9.09. The van der Waals surface area contributed by atoms with Gasteiger partial charge in [-0.1, -0.05) is 0 Å². The van der Waals surface area contributed by atoms with E-state index in [4.69, 9.17) is 9.84 Å². The molecule has 2 fully saturated rings. The van der Waals surface area contributed by atoms with Crippen LogP contribution in [0.4, 0.5) is 0 Å². The Hall–Kier alpha value is -1.14. The fourth-order valence-corrected chi connectivity index (χ4v) is 2.34. The molecule has 102 valence electrons. The van der Waals surface area contributed by atoms with Crippen LogP contribution in [0.25, 0.3) is 0 Å². The van der Waals surface area contributed by atoms with Gasteiger partial charge in [0.2, 0.25) is 5.91 Å². The van der Waals surface area contributed by atoms with E-state index < -0.39 is 12.0 Å². The quantitative estimate of drug-likeness (QED) is 0.736. The van der Waals surface area contributed by atoms with E-state index in [0.717, 1.165) is 12.8 Å². The Morgan fingerprint density at radius 2 is 2.17 bits per heavy atom. The number of hydrogen-bond acceptors (Lipinski definition) is 4. The van der Waals surface area contributed by atoms with Gasteiger partial charge in [-0.05, 0) is 19.8 Å². The number of ether oxygens (including phenoxy) is 1. The lowest BCUT2D eigenvalue weighted by Crippen LogP contribution is -2.53. The third-order valence-electron chi connectivity index (χ3n) is 3.51. The molecular formula is C12H20N2O4. The molecule has 0 bridgehead atoms. The molecule has 1 unspecified atom stereocenters. The average Bonchev–Trinajstić information content (AvgIpc) is 3.15. The first-order chi connectivity index (χ1) is 8.63. The van der Waals surface area contributed by atoms with Crippen molar-refractivity contribution in [3.63, 3.8) is 0 Å². The Morgan fingerprint density at radius 1 is 1.44 bits per heavy atom. The number of amides is 1. The van der Waals surface area contributed by atoms with Crippen LogP contribution in [-0.2, 0) is 14.3 Å². The zero-order chi connectivity index (χ0) is 13.1. The number of carboxylic acid groups (broad SMARTS) is 1. The molecule has 1 aliphatic carbocycles. The molecule has 1 amide bonds. The predicted octanol–water partition coefficient (Wildman–Crippen LogP) is -0.217. The summed E-state index contributed by atoms with van der Waals surface area (Å²) in [5.74, 6) is -0.884. The monoisotopic (exact) mass is 256 g/mol. The highest BCUT2D eigenvalue weighted by Gasteiger charge is 2.35. The van der Waals surface area contributed by atoms with Crippen LogP contribution in [0.2, 0.25) is 0 Å². The maximum absolute atomic E-state index is 12.1. The van der Waals surface area contributed by atoms with Gasteiger partial charge in [-0.15, -0.1) is 0 Å². The van der Waals surface area contributed by atoms with Gasteiger partial charge in [0.05, 0.1) is 19.8 Å². The van der Waals surface area contributed by atoms with Gasteiger partial charge in [-0.25, -0.2) is 0 Å². The summed E-state index contributed by atoms with van der Waals surface area (Å²) in [5.41, 5.74) is 0. The number of carbonyl (C=O) groups is 2. The van der Waals surface area contributed by atoms with Crippen molar-refractivity contribution < 1.29 is 19.4 Å². The number of carboxylic acids is 1. The maximum Gasteiger partial charge on any atom is 0.323 e. The van der Waals surface area contributed by atoms with Gasteiger partial charge >= 0.3 is 5.97 Å². The molecule has 0 aromatic heterocycles. The zero-order valence-corrected chi connectivity index (χ0v) is 10.7. The van der Waals surface area contributed by atoms with E-state index in [-0.39, 0.29) is 19.1 Å². The van der Waals surface area contributed by atoms with Gasteiger partial charge in [-0.2, -0.15) is 0 Å². The molecule has 6 nitrogen and oxygen atoms in total. The number of rotatable bonds is 5. The summed E-state index contributed by atoms with van der Waals surface area (Å²) >= 11 is 0. The van der Waals surface area contributed by atoms with Gasteiger partial charge in [-0.3, -0.25) is 14.5 Å². The third-order valence-corrected chi connectivity index (χ3v) is 3.51. The second-order valence-corrected chi connectivity index (χ2v) is 4.81. The summed E-state index contributed by atoms with van der Waals surface area (Å²) in [6.45, 7) is 4.01. The highest BCUT2D eigenvalue weighted by atomic mass is 16.5. The fourth-order valence-electron chi connectivity index (χ4n) is 2.34. The Bertz CT molecular complexity index is 330. The maximum atomic E-state index is 12.1. The minimum absolute atomic E-state index is 0.0353. The van der Waals surface area contributed by atoms with Crippen molar-refractivity contribution in [2.75, 3.05) is 32.8 Å². The molecule has 18 heavy (non-hydrogen) atoms. The number of morpholine rings is 1. The second kappa shape index (κ2) is 5.67. The molecule has 1 heterocycles. The summed E-state index contributed by atoms with van der Waals surface area (Å²) in [4.78, 5) is 26.8. The van der Waals surface area contributed by atoms with Crippen molar-refractivity contribution >= 4 is 11.9 Å². The highest BCUT2D eigenvalue weighted by Crippen LogP contribution is 2.26. The van der Waals surface area contributed by atoms with Crippen molar-refractivity contribution in [3.05, 3.63) is 0 Å². The molecule has 6 heteroatoms. The highest BCUT2D eigenvalue weighted by molar-refractivity contribution is 5.80. The summed E-state index contributed by atoms with van der Waals surface area (Å²) in [6, 6.07) is -0.313. The molecule has 2 aliphatic rings. The van der Waals surface area contributed by atoms with E-state index in [1.807, 2.05) is 11.8 Å². The lowest BCUT2D eigenvalue weighted by Gasteiger charge is -2.33. The van der Waals surface area contributed by atoms with Crippen LogP contribution < -0.4 is 0 Å². The van der Waals surface area contributed by atoms with Gasteiger partial charge < -0.3 is 14.7 Å². The van der Waals surface area contributed by atoms with E-state index in [1.54, 1.807) is 4.90 Å². The van der Waals surface area contributed by atoms with E-state index in [1.165, 1.54) is 0 Å². The van der Waals surface area contributed by atoms with Crippen molar-refractivity contribution in [2.24, 2.45) is 0 Å². The fraction of sp³-hybridized carbons (Fsp3) is 0.833. The third kappa shape index (κ3) is 3.00. The van der Waals surface area contributed by atoms with E-state index >= 15 is 0 Å². The molecule has 2 rings (SSSR count). The molecule has 0 aromatic rings. The largest absolute Gasteiger partial charge is 0.480 e. The average molecular weight is 256 g/mol. The summed E-state index contributed by atoms with van der Waals surface area (Å²) < 4.78 is 5.15. The molecule has 1 saturated carbocycles. The predicted molar refractivity (Wildman–Crippen MR) is 64.2 cm³/mol. The van der Waals surface area contributed by atoms with E-state index in [2.05, 4.69) is 0 Å². The van der Waals surface area contributed by atoms with Crippen LogP contribution in [0, 0.1) is 0 Å². The Balaban J connectivity index is 1.93. The van der Waals surface area contributed by atoms with Crippen LogP contribution in [0.1, 0.15) is 19.8 Å². The standard InChI is InChI=1S/C12H20N2O4/c1-2-14(9-3-4-9)11(15)7-13-5-6-18-8-10(13)12(16)17/h9-10H,2-8H2,1H3,(H,16,17). The molecule has 1 saturated heterocycles. The number of hydrogen-bond donors (Lipinski definition) is 1. The topological polar surface area (TPSA) is 70.1 Å². The SMILES string of the molecule is CCN(C(=O)CN1CCOCC1C(=O)O)C1CC1. The van der Waals surface area contributed by atoms with Gasteiger partial charge in [0.25, 0.3) is 0 Å². The number of likely N-dealkylation sites (N-methyl/N-ethyl adjacent to an activating group) is 1. The minimum atomic E-state index is -0.919. The van der Waals surface area contributed by atoms with Gasteiger partial charge in [0.1, 0.15) is 6.04 Å². The van der Waals surface area contributed by atoms with Crippen molar-refractivity contribution in [1.82, 2.24) is 9.80 Å². The molecule has 1 atom stereocenters. The van der Waals surface area contributed by atoms with Gasteiger partial charge in [0.15, 0.2) is 0 Å². The Morgan fingerprint density at radius 3 is 2.72 bits per heavy atom. The smallest absolute Gasteiger partial charge is 0.323 e. The molecule has 0 spiro atoms. The van der Waals surface area contributed by atoms with Crippen LogP contribution in [0.15, 0.2) is 0 Å². The summed E-state index contributed by atoms with van der Waals surface area (Å²) in [6.07, 6.45) is 2.15. The normalized spacial score (nSPS) is 24.8. The lowest BCUT2D eigenvalue weighted by atomic mass is 10.2. The molecule has 0 radical (unpaired) electrons. The van der Waals surface area contributed by atoms with E-state index in [9.17, 15) is 9.59 Å². The van der Waals surface area contributed by atoms with Crippen LogP contribution in [0.3, 0.4) is 0 Å². The van der Waals surface area contributed by atoms with Crippen molar-refractivity contribution in [3.8, 4) is 0 Å². The molecule has 1 aliphatic heterocycles. The minimum Gasteiger partial charge on any atom is -0.480 e. The van der Waals surface area contributed by atoms with Gasteiger partial charge in [0, 0.05) is 19.1 Å². The van der Waals surface area contributed by atoms with Crippen molar-refractivity contribution in [2.45, 2.75) is 31.8 Å². The van der Waals surface area contributed by atoms with E-state index in [0.29, 0.717) is 25.7 Å².